The van der Waals surface area contributed by atoms with Crippen molar-refractivity contribution in [2.45, 2.75) is 25.2 Å². The molecule has 3 aliphatic rings. The number of aliphatic hydroxyl groups excluding tert-OH is 1. The van der Waals surface area contributed by atoms with Crippen molar-refractivity contribution in [2.24, 2.45) is 0 Å². The van der Waals surface area contributed by atoms with E-state index >= 15 is 0 Å². The van der Waals surface area contributed by atoms with Crippen LogP contribution in [0.1, 0.15) is 38.4 Å². The average molecular weight is 594 g/mol. The number of aryl methyl sites for hydroxylation is 1. The minimum atomic E-state index is -3.97. The number of amides is 2. The summed E-state index contributed by atoms with van der Waals surface area (Å²) in [6, 6.07) is 8.59. The molecule has 0 atom stereocenters. The van der Waals surface area contributed by atoms with Gasteiger partial charge in [0.1, 0.15) is 5.82 Å². The monoisotopic (exact) mass is 593 g/mol. The lowest BCUT2D eigenvalue weighted by Gasteiger charge is -2.34. The summed E-state index contributed by atoms with van der Waals surface area (Å²) in [6.45, 7) is 7.00. The number of fused-ring (bicyclic) bond motifs is 2. The van der Waals surface area contributed by atoms with Crippen LogP contribution in [0.4, 0.5) is 15.8 Å². The number of carbonyl (C=O) groups excluding carboxylic acids is 2. The van der Waals surface area contributed by atoms with E-state index < -0.39 is 15.8 Å². The van der Waals surface area contributed by atoms with E-state index in [1.807, 2.05) is 13.8 Å². The van der Waals surface area contributed by atoms with Crippen LogP contribution < -0.4 is 9.62 Å². The fourth-order valence-corrected chi connectivity index (χ4v) is 7.58. The molecule has 3 aliphatic heterocycles. The molecule has 0 unspecified atom stereocenters. The van der Waals surface area contributed by atoms with Gasteiger partial charge in [-0.25, -0.2) is 12.8 Å². The first-order valence-electron chi connectivity index (χ1n) is 13.9. The van der Waals surface area contributed by atoms with Crippen LogP contribution in [0.15, 0.2) is 41.3 Å². The molecule has 1 saturated heterocycles. The van der Waals surface area contributed by atoms with Gasteiger partial charge >= 0.3 is 0 Å². The maximum absolute atomic E-state index is 13.7. The van der Waals surface area contributed by atoms with Crippen molar-refractivity contribution >= 4 is 44.9 Å². The predicted molar refractivity (Wildman–Crippen MR) is 157 cm³/mol. The first kappa shape index (κ1) is 28.1. The van der Waals surface area contributed by atoms with Gasteiger partial charge in [0.15, 0.2) is 0 Å². The molecular weight excluding hydrogens is 561 g/mol. The zero-order valence-electron chi connectivity index (χ0n) is 23.4. The van der Waals surface area contributed by atoms with E-state index in [1.54, 1.807) is 17.0 Å². The van der Waals surface area contributed by atoms with E-state index in [4.69, 9.17) is 0 Å². The number of hydrogen-bond donors (Lipinski definition) is 3. The van der Waals surface area contributed by atoms with Crippen molar-refractivity contribution in [3.63, 3.8) is 0 Å². The van der Waals surface area contributed by atoms with Crippen LogP contribution in [0.5, 0.6) is 0 Å². The molecule has 0 bridgehead atoms. The van der Waals surface area contributed by atoms with Gasteiger partial charge in [0.25, 0.3) is 21.8 Å². The molecule has 1 aromatic heterocycles. The number of sulfonamides is 1. The molecule has 6 rings (SSSR count). The summed E-state index contributed by atoms with van der Waals surface area (Å²) < 4.78 is 42.3. The summed E-state index contributed by atoms with van der Waals surface area (Å²) in [5.41, 5.74) is 4.83. The van der Waals surface area contributed by atoms with Gasteiger partial charge in [-0.05, 0) is 73.9 Å². The van der Waals surface area contributed by atoms with E-state index in [1.165, 1.54) is 34.6 Å². The van der Waals surface area contributed by atoms with Crippen LogP contribution >= 0.6 is 0 Å². The zero-order valence-corrected chi connectivity index (χ0v) is 24.2. The van der Waals surface area contributed by atoms with Gasteiger partial charge in [0.2, 0.25) is 0 Å². The molecule has 10 nitrogen and oxygen atoms in total. The number of aromatic amines is 1. The van der Waals surface area contributed by atoms with Crippen molar-refractivity contribution in [1.29, 1.82) is 0 Å². The molecule has 220 valence electrons. The molecular formula is C30H32FN5O5S. The lowest BCUT2D eigenvalue weighted by molar-refractivity contribution is -0.110. The molecule has 2 aromatic carbocycles. The van der Waals surface area contributed by atoms with Gasteiger partial charge in [0.05, 0.1) is 28.3 Å². The molecule has 42 heavy (non-hydrogen) atoms. The molecule has 0 radical (unpaired) electrons. The maximum Gasteiger partial charge on any atom is 0.264 e. The molecule has 3 N–H and O–H groups in total. The SMILES string of the molecule is Cc1[nH]c(/C=C2\C(=O)Nc3ccc(S(=O)(=O)N4CCc5cc(F)ccc54)cc32)c(C)c1C(=O)N1CCN(CCO)CC1. The quantitative estimate of drug-likeness (QED) is 0.378. The summed E-state index contributed by atoms with van der Waals surface area (Å²) in [4.78, 5) is 33.7. The highest BCUT2D eigenvalue weighted by Crippen LogP contribution is 2.38. The molecule has 1 fully saturated rings. The second-order valence-corrected chi connectivity index (χ2v) is 12.7. The Bertz CT molecular complexity index is 1740. The summed E-state index contributed by atoms with van der Waals surface area (Å²) in [5, 5.41) is 12.0. The standard InChI is InChI=1S/C30H32FN5O5S/c1-18-26(32-19(2)28(18)30(39)35-11-9-34(10-12-35)13-14-37)17-24-23-16-22(4-5-25(23)33-29(24)38)42(40,41)36-8-7-20-15-21(31)3-6-27(20)36/h3-6,15-17,32,37H,7-14H2,1-2H3,(H,33,38)/b24-17-. The van der Waals surface area contributed by atoms with Crippen LogP contribution in [0.25, 0.3) is 11.6 Å². The molecule has 2 amide bonds. The third-order valence-electron chi connectivity index (χ3n) is 8.31. The normalized spacial score (nSPS) is 18.0. The number of hydrogen-bond acceptors (Lipinski definition) is 6. The van der Waals surface area contributed by atoms with Crippen LogP contribution in [-0.4, -0.2) is 86.0 Å². The number of β-amino-alcohol motifs (C(OH)–C–C–N with tert-alkyl or cyclic N) is 1. The number of benzene rings is 2. The van der Waals surface area contributed by atoms with Crippen molar-refractivity contribution in [1.82, 2.24) is 14.8 Å². The van der Waals surface area contributed by atoms with Gasteiger partial charge in [-0.3, -0.25) is 18.8 Å². The Morgan fingerprint density at radius 1 is 1.07 bits per heavy atom. The lowest BCUT2D eigenvalue weighted by atomic mass is 10.0. The van der Waals surface area contributed by atoms with Crippen LogP contribution in [0.2, 0.25) is 0 Å². The van der Waals surface area contributed by atoms with E-state index in [9.17, 15) is 27.5 Å². The van der Waals surface area contributed by atoms with Crippen molar-refractivity contribution in [2.75, 3.05) is 55.5 Å². The number of rotatable bonds is 6. The second-order valence-electron chi connectivity index (χ2n) is 10.8. The lowest BCUT2D eigenvalue weighted by Crippen LogP contribution is -2.49. The largest absolute Gasteiger partial charge is 0.395 e. The van der Waals surface area contributed by atoms with Crippen molar-refractivity contribution in [3.05, 3.63) is 75.9 Å². The molecule has 0 spiro atoms. The number of aromatic nitrogens is 1. The Labute approximate surface area is 243 Å². The summed E-state index contributed by atoms with van der Waals surface area (Å²) >= 11 is 0. The maximum atomic E-state index is 13.7. The number of anilines is 2. The highest BCUT2D eigenvalue weighted by atomic mass is 32.2. The van der Waals surface area contributed by atoms with Crippen LogP contribution in [0.3, 0.4) is 0 Å². The molecule has 0 saturated carbocycles. The Kier molecular flexibility index (Phi) is 7.16. The summed E-state index contributed by atoms with van der Waals surface area (Å²) in [7, 11) is -3.97. The fraction of sp³-hybridized carbons (Fsp3) is 0.333. The summed E-state index contributed by atoms with van der Waals surface area (Å²) in [6.07, 6.45) is 2.07. The van der Waals surface area contributed by atoms with Gasteiger partial charge in [0, 0.05) is 61.9 Å². The number of carbonyl (C=O) groups is 2. The highest BCUT2D eigenvalue weighted by Gasteiger charge is 2.34. The molecule has 3 aromatic rings. The van der Waals surface area contributed by atoms with E-state index in [-0.39, 0.29) is 35.4 Å². The summed E-state index contributed by atoms with van der Waals surface area (Å²) in [5.74, 6) is -0.878. The van der Waals surface area contributed by atoms with Gasteiger partial charge in [-0.2, -0.15) is 0 Å². The smallest absolute Gasteiger partial charge is 0.264 e. The zero-order chi connectivity index (χ0) is 29.8. The van der Waals surface area contributed by atoms with E-state index in [0.29, 0.717) is 84.2 Å². The minimum absolute atomic E-state index is 0.0245. The van der Waals surface area contributed by atoms with Crippen molar-refractivity contribution < 1.29 is 27.5 Å². The molecule has 0 aliphatic carbocycles. The number of nitrogens with zero attached hydrogens (tertiary/aromatic N) is 3. The first-order chi connectivity index (χ1) is 20.1. The topological polar surface area (TPSA) is 126 Å². The molecule has 12 heteroatoms. The van der Waals surface area contributed by atoms with Crippen molar-refractivity contribution in [3.8, 4) is 0 Å². The Morgan fingerprint density at radius 3 is 2.57 bits per heavy atom. The number of nitrogens with one attached hydrogen (secondary N) is 2. The number of halogens is 1. The average Bonchev–Trinajstić information content (AvgIpc) is 3.61. The first-order valence-corrected chi connectivity index (χ1v) is 15.3. The fourth-order valence-electron chi connectivity index (χ4n) is 6.05. The third-order valence-corrected chi connectivity index (χ3v) is 10.1. The number of aliphatic hydroxyl groups is 1. The van der Waals surface area contributed by atoms with Crippen LogP contribution in [0, 0.1) is 19.7 Å². The minimum Gasteiger partial charge on any atom is -0.395 e. The van der Waals surface area contributed by atoms with Gasteiger partial charge in [-0.15, -0.1) is 0 Å². The second kappa shape index (κ2) is 10.7. The Morgan fingerprint density at radius 2 is 1.83 bits per heavy atom. The predicted octanol–water partition coefficient (Wildman–Crippen LogP) is 2.76. The Balaban J connectivity index is 1.30. The number of piperazine rings is 1. The third kappa shape index (κ3) is 4.79. The van der Waals surface area contributed by atoms with Gasteiger partial charge in [-0.1, -0.05) is 0 Å². The molecule has 4 heterocycles. The van der Waals surface area contributed by atoms with Gasteiger partial charge < -0.3 is 20.3 Å². The Hall–Kier alpha value is -4.00. The van der Waals surface area contributed by atoms with E-state index in [2.05, 4.69) is 15.2 Å². The van der Waals surface area contributed by atoms with E-state index in [0.717, 1.165) is 0 Å². The number of H-pyrrole nitrogens is 1. The van der Waals surface area contributed by atoms with Crippen LogP contribution in [-0.2, 0) is 21.2 Å². The highest BCUT2D eigenvalue weighted by molar-refractivity contribution is 7.92.